The van der Waals surface area contributed by atoms with Crippen molar-refractivity contribution in [2.75, 3.05) is 16.8 Å². The van der Waals surface area contributed by atoms with Crippen molar-refractivity contribution in [1.29, 1.82) is 0 Å². The van der Waals surface area contributed by atoms with E-state index < -0.39 is 11.5 Å². The van der Waals surface area contributed by atoms with Crippen LogP contribution in [0.3, 0.4) is 0 Å². The van der Waals surface area contributed by atoms with Crippen LogP contribution in [0, 0.1) is 6.92 Å². The molecule has 8 nitrogen and oxygen atoms in total. The standard InChI is InChI=1S/C27H19N5O3S/c1-16-8-7-11-18(14-16)28-21(33)15-31-20-13-6-5-12-19(20)22(25(31)34)23-26(35)32-27(36-23)29-24(30-32)17-9-3-2-4-10-17/h2-14H,15H2,1H3,(H,28,33). The first kappa shape index (κ1) is 21.9. The number of anilines is 2. The molecule has 1 aliphatic heterocycles. The van der Waals surface area contributed by atoms with Gasteiger partial charge in [0.15, 0.2) is 5.82 Å². The smallest absolute Gasteiger partial charge is 0.291 e. The van der Waals surface area contributed by atoms with E-state index in [1.54, 1.807) is 30.3 Å². The summed E-state index contributed by atoms with van der Waals surface area (Å²) in [5.41, 5.74) is 3.52. The maximum atomic E-state index is 13.6. The maximum absolute atomic E-state index is 13.6. The average molecular weight is 494 g/mol. The number of fused-ring (bicyclic) bond motifs is 2. The van der Waals surface area contributed by atoms with E-state index in [0.29, 0.717) is 27.7 Å². The van der Waals surface area contributed by atoms with E-state index in [1.165, 1.54) is 9.42 Å². The van der Waals surface area contributed by atoms with Gasteiger partial charge in [-0.15, -0.1) is 5.10 Å². The Bertz CT molecular complexity index is 1770. The fourth-order valence-electron chi connectivity index (χ4n) is 4.32. The van der Waals surface area contributed by atoms with Crippen molar-refractivity contribution in [3.8, 4) is 11.4 Å². The summed E-state index contributed by atoms with van der Waals surface area (Å²) < 4.78 is 1.49. The van der Waals surface area contributed by atoms with Crippen LogP contribution in [0.4, 0.5) is 11.4 Å². The zero-order valence-electron chi connectivity index (χ0n) is 19.1. The summed E-state index contributed by atoms with van der Waals surface area (Å²) in [6, 6.07) is 24.0. The number of hydrogen-bond donors (Lipinski definition) is 1. The van der Waals surface area contributed by atoms with E-state index in [9.17, 15) is 14.4 Å². The fraction of sp³-hybridized carbons (Fsp3) is 0.0741. The van der Waals surface area contributed by atoms with Gasteiger partial charge in [0.25, 0.3) is 11.5 Å². The molecule has 3 aromatic carbocycles. The zero-order chi connectivity index (χ0) is 24.8. The number of thiazole rings is 1. The molecule has 6 rings (SSSR count). The molecule has 0 radical (unpaired) electrons. The Morgan fingerprint density at radius 2 is 1.75 bits per heavy atom. The molecule has 2 amide bonds. The van der Waals surface area contributed by atoms with Crippen molar-refractivity contribution < 1.29 is 9.59 Å². The van der Waals surface area contributed by atoms with Gasteiger partial charge in [-0.3, -0.25) is 19.3 Å². The van der Waals surface area contributed by atoms with Crippen molar-refractivity contribution in [2.24, 2.45) is 0 Å². The van der Waals surface area contributed by atoms with E-state index in [1.807, 2.05) is 55.5 Å². The number of carbonyl (C=O) groups is 2. The molecule has 9 heteroatoms. The number of rotatable bonds is 4. The van der Waals surface area contributed by atoms with Gasteiger partial charge >= 0.3 is 0 Å². The first-order valence-electron chi connectivity index (χ1n) is 11.3. The minimum atomic E-state index is -0.408. The molecule has 0 saturated heterocycles. The molecule has 36 heavy (non-hydrogen) atoms. The number of benzene rings is 3. The molecule has 0 spiro atoms. The monoisotopic (exact) mass is 493 g/mol. The number of amides is 2. The van der Waals surface area contributed by atoms with Gasteiger partial charge < -0.3 is 5.32 Å². The van der Waals surface area contributed by atoms with Crippen LogP contribution in [0.1, 0.15) is 11.1 Å². The van der Waals surface area contributed by atoms with Crippen molar-refractivity contribution in [3.63, 3.8) is 0 Å². The summed E-state index contributed by atoms with van der Waals surface area (Å²) in [6.07, 6.45) is 0. The van der Waals surface area contributed by atoms with Gasteiger partial charge in [-0.05, 0) is 30.7 Å². The van der Waals surface area contributed by atoms with Crippen molar-refractivity contribution in [1.82, 2.24) is 14.6 Å². The molecular formula is C27H19N5O3S. The Kier molecular flexibility index (Phi) is 5.19. The Labute approximate surface area is 209 Å². The lowest BCUT2D eigenvalue weighted by Gasteiger charge is -2.16. The number of nitrogens with one attached hydrogen (secondary N) is 1. The minimum absolute atomic E-state index is 0.180. The van der Waals surface area contributed by atoms with E-state index in [0.717, 1.165) is 22.5 Å². The number of hydrogen-bond acceptors (Lipinski definition) is 6. The van der Waals surface area contributed by atoms with Crippen LogP contribution < -0.4 is 20.3 Å². The summed E-state index contributed by atoms with van der Waals surface area (Å²) in [5, 5.41) is 7.22. The highest BCUT2D eigenvalue weighted by atomic mass is 32.1. The van der Waals surface area contributed by atoms with Crippen LogP contribution >= 0.6 is 11.3 Å². The van der Waals surface area contributed by atoms with Gasteiger partial charge in [0, 0.05) is 16.8 Å². The molecule has 5 aromatic rings. The molecule has 0 fully saturated rings. The molecule has 176 valence electrons. The van der Waals surface area contributed by atoms with Gasteiger partial charge in [0.1, 0.15) is 11.1 Å². The molecule has 0 aliphatic carbocycles. The Balaban J connectivity index is 1.39. The maximum Gasteiger partial charge on any atom is 0.291 e. The van der Waals surface area contributed by atoms with Crippen LogP contribution in [0.15, 0.2) is 83.7 Å². The third-order valence-electron chi connectivity index (χ3n) is 5.94. The first-order valence-corrected chi connectivity index (χ1v) is 12.1. The molecule has 2 aromatic heterocycles. The molecule has 0 unspecified atom stereocenters. The first-order chi connectivity index (χ1) is 17.5. The van der Waals surface area contributed by atoms with Gasteiger partial charge in [-0.25, -0.2) is 0 Å². The topological polar surface area (TPSA) is 96.7 Å². The van der Waals surface area contributed by atoms with Gasteiger partial charge in [-0.2, -0.15) is 9.50 Å². The molecule has 1 aliphatic rings. The predicted octanol–water partition coefficient (Wildman–Crippen LogP) is 3.03. The highest BCUT2D eigenvalue weighted by Crippen LogP contribution is 2.35. The fourth-order valence-corrected chi connectivity index (χ4v) is 5.32. The SMILES string of the molecule is Cc1cccc(NC(=O)CN2C(=O)C(=c3sc4nc(-c5ccccc5)nn4c3=O)c3ccccc32)c1. The lowest BCUT2D eigenvalue weighted by atomic mass is 10.1. The molecule has 3 heterocycles. The number of nitrogens with zero attached hydrogens (tertiary/aromatic N) is 4. The number of para-hydroxylation sites is 1. The van der Waals surface area contributed by atoms with E-state index in [-0.39, 0.29) is 22.6 Å². The van der Waals surface area contributed by atoms with Crippen LogP contribution in [0.25, 0.3) is 21.9 Å². The molecule has 0 atom stereocenters. The number of carbonyl (C=O) groups excluding carboxylic acids is 2. The van der Waals surface area contributed by atoms with Gasteiger partial charge in [-0.1, -0.05) is 72.0 Å². The van der Waals surface area contributed by atoms with Crippen molar-refractivity contribution in [2.45, 2.75) is 6.92 Å². The Morgan fingerprint density at radius 1 is 0.972 bits per heavy atom. The summed E-state index contributed by atoms with van der Waals surface area (Å²) >= 11 is 1.12. The molecular weight excluding hydrogens is 474 g/mol. The minimum Gasteiger partial charge on any atom is -0.325 e. The highest BCUT2D eigenvalue weighted by molar-refractivity contribution is 7.15. The summed E-state index contributed by atoms with van der Waals surface area (Å²) in [4.78, 5) is 46.0. The normalized spacial score (nSPS) is 14.4. The van der Waals surface area contributed by atoms with E-state index in [2.05, 4.69) is 15.4 Å². The summed E-state index contributed by atoms with van der Waals surface area (Å²) in [7, 11) is 0. The van der Waals surface area contributed by atoms with Crippen molar-refractivity contribution in [3.05, 3.63) is 105 Å². The quantitative estimate of drug-likeness (QED) is 0.415. The third kappa shape index (κ3) is 3.66. The largest absolute Gasteiger partial charge is 0.325 e. The zero-order valence-corrected chi connectivity index (χ0v) is 20.0. The third-order valence-corrected chi connectivity index (χ3v) is 6.97. The van der Waals surface area contributed by atoms with E-state index in [4.69, 9.17) is 0 Å². The second kappa shape index (κ2) is 8.54. The Hall–Kier alpha value is -4.63. The lowest BCUT2D eigenvalue weighted by molar-refractivity contribution is -0.118. The molecule has 0 bridgehead atoms. The predicted molar refractivity (Wildman–Crippen MR) is 139 cm³/mol. The van der Waals surface area contributed by atoms with Crippen LogP contribution in [0.2, 0.25) is 0 Å². The molecule has 1 N–H and O–H groups in total. The van der Waals surface area contributed by atoms with E-state index >= 15 is 0 Å². The number of aromatic nitrogens is 3. The van der Waals surface area contributed by atoms with Crippen LogP contribution in [0.5, 0.6) is 0 Å². The van der Waals surface area contributed by atoms with Crippen molar-refractivity contribution >= 4 is 45.1 Å². The summed E-state index contributed by atoms with van der Waals surface area (Å²) in [5.74, 6) is -0.286. The van der Waals surface area contributed by atoms with Gasteiger partial charge in [0.2, 0.25) is 10.9 Å². The highest BCUT2D eigenvalue weighted by Gasteiger charge is 2.35. The second-order valence-corrected chi connectivity index (χ2v) is 9.41. The summed E-state index contributed by atoms with van der Waals surface area (Å²) in [6.45, 7) is 1.76. The second-order valence-electron chi connectivity index (χ2n) is 8.43. The Morgan fingerprint density at radius 3 is 2.53 bits per heavy atom. The molecule has 0 saturated carbocycles. The van der Waals surface area contributed by atoms with Crippen LogP contribution in [-0.4, -0.2) is 33.0 Å². The average Bonchev–Trinajstić information content (AvgIpc) is 3.51. The lowest BCUT2D eigenvalue weighted by Crippen LogP contribution is -2.37. The van der Waals surface area contributed by atoms with Gasteiger partial charge in [0.05, 0.1) is 11.3 Å². The number of aryl methyl sites for hydroxylation is 1. The van der Waals surface area contributed by atoms with Crippen LogP contribution in [-0.2, 0) is 9.59 Å².